The molecular formula is C34H42N6O5. The highest BCUT2D eigenvalue weighted by molar-refractivity contribution is 5.83. The summed E-state index contributed by atoms with van der Waals surface area (Å²) in [4.78, 5) is 45.2. The molecule has 0 spiro atoms. The zero-order valence-corrected chi connectivity index (χ0v) is 26.8. The van der Waals surface area contributed by atoms with Gasteiger partial charge in [0, 0.05) is 24.7 Å². The van der Waals surface area contributed by atoms with Gasteiger partial charge in [-0.1, -0.05) is 30.3 Å². The van der Waals surface area contributed by atoms with Crippen LogP contribution in [0.2, 0.25) is 0 Å². The Bertz CT molecular complexity index is 1700. The highest BCUT2D eigenvalue weighted by Crippen LogP contribution is 2.35. The highest BCUT2D eigenvalue weighted by atomic mass is 16.6. The number of aliphatic hydroxyl groups excluding tert-OH is 1. The molecule has 3 N–H and O–H groups in total. The topological polar surface area (TPSA) is 137 Å². The molecule has 2 aliphatic rings. The number of likely N-dealkylation sites (tertiary alicyclic amines) is 2. The maximum absolute atomic E-state index is 12.9. The van der Waals surface area contributed by atoms with Crippen LogP contribution in [0, 0.1) is 0 Å². The van der Waals surface area contributed by atoms with Crippen molar-refractivity contribution >= 4 is 23.2 Å². The number of carbonyl (C=O) groups excluding carboxylic acids is 2. The lowest BCUT2D eigenvalue weighted by atomic mass is 10.0. The van der Waals surface area contributed by atoms with Crippen molar-refractivity contribution in [1.29, 1.82) is 0 Å². The van der Waals surface area contributed by atoms with Gasteiger partial charge in [0.1, 0.15) is 22.9 Å². The average molecular weight is 615 g/mol. The molecule has 2 aliphatic heterocycles. The molecule has 0 unspecified atom stereocenters. The van der Waals surface area contributed by atoms with Gasteiger partial charge in [-0.2, -0.15) is 0 Å². The van der Waals surface area contributed by atoms with E-state index in [-0.39, 0.29) is 18.7 Å². The summed E-state index contributed by atoms with van der Waals surface area (Å²) < 4.78 is 11.2. The third-order valence-electron chi connectivity index (χ3n) is 8.03. The number of ether oxygens (including phenoxy) is 2. The van der Waals surface area contributed by atoms with Gasteiger partial charge in [0.15, 0.2) is 0 Å². The molecule has 2 aromatic heterocycles. The first-order valence-electron chi connectivity index (χ1n) is 15.6. The summed E-state index contributed by atoms with van der Waals surface area (Å²) >= 11 is 0. The van der Waals surface area contributed by atoms with E-state index in [4.69, 9.17) is 19.4 Å². The SMILES string of the molecule is CC(C)(C)OC(=O)N1CCC[C@H]1c1nc(-c2ccc(-c3ccc4nc([C@@H]5C[C@@H](O)CN5C(=O)OC(C)(C)C)[nH]c4c3)cc2)c[nH]1. The highest BCUT2D eigenvalue weighted by Gasteiger charge is 2.39. The summed E-state index contributed by atoms with van der Waals surface area (Å²) in [6.45, 7) is 11.9. The van der Waals surface area contributed by atoms with E-state index in [1.165, 1.54) is 0 Å². The second-order valence-corrected chi connectivity index (χ2v) is 14.0. The predicted octanol–water partition coefficient (Wildman–Crippen LogP) is 6.73. The largest absolute Gasteiger partial charge is 0.444 e. The number of rotatable bonds is 4. The smallest absolute Gasteiger partial charge is 0.411 e. The molecule has 6 rings (SSSR count). The first kappa shape index (κ1) is 30.6. The number of nitrogens with one attached hydrogen (secondary N) is 2. The number of β-amino-alcohol motifs (C(OH)–C–C–N with tert-alkyl or cyclic N) is 1. The van der Waals surface area contributed by atoms with Crippen LogP contribution >= 0.6 is 0 Å². The molecule has 3 atom stereocenters. The molecule has 0 radical (unpaired) electrons. The van der Waals surface area contributed by atoms with Gasteiger partial charge in [-0.05, 0) is 77.6 Å². The number of imidazole rings is 2. The monoisotopic (exact) mass is 614 g/mol. The summed E-state index contributed by atoms with van der Waals surface area (Å²) in [5, 5.41) is 10.4. The van der Waals surface area contributed by atoms with E-state index >= 15 is 0 Å². The Hall–Kier alpha value is -4.38. The number of aromatic amines is 2. The summed E-state index contributed by atoms with van der Waals surface area (Å²) in [6.07, 6.45) is 2.60. The van der Waals surface area contributed by atoms with Crippen molar-refractivity contribution in [2.75, 3.05) is 13.1 Å². The van der Waals surface area contributed by atoms with Gasteiger partial charge >= 0.3 is 12.2 Å². The van der Waals surface area contributed by atoms with Crippen molar-refractivity contribution in [1.82, 2.24) is 29.7 Å². The molecule has 2 amide bonds. The summed E-state index contributed by atoms with van der Waals surface area (Å²) in [7, 11) is 0. The number of H-pyrrole nitrogens is 2. The fourth-order valence-electron chi connectivity index (χ4n) is 6.04. The number of fused-ring (bicyclic) bond motifs is 1. The van der Waals surface area contributed by atoms with E-state index in [1.54, 1.807) is 9.80 Å². The van der Waals surface area contributed by atoms with Crippen molar-refractivity contribution in [2.24, 2.45) is 0 Å². The van der Waals surface area contributed by atoms with E-state index in [9.17, 15) is 14.7 Å². The molecule has 238 valence electrons. The van der Waals surface area contributed by atoms with Crippen LogP contribution in [-0.2, 0) is 9.47 Å². The molecule has 4 heterocycles. The zero-order valence-electron chi connectivity index (χ0n) is 26.8. The lowest BCUT2D eigenvalue weighted by Crippen LogP contribution is -2.37. The van der Waals surface area contributed by atoms with Gasteiger partial charge in [0.05, 0.1) is 41.5 Å². The Morgan fingerprint density at radius 2 is 1.49 bits per heavy atom. The normalized spacial score (nSPS) is 20.6. The molecule has 11 heteroatoms. The van der Waals surface area contributed by atoms with Crippen LogP contribution in [0.4, 0.5) is 9.59 Å². The van der Waals surface area contributed by atoms with E-state index < -0.39 is 29.4 Å². The molecule has 0 saturated carbocycles. The lowest BCUT2D eigenvalue weighted by molar-refractivity contribution is 0.0197. The number of aromatic nitrogens is 4. The molecule has 2 fully saturated rings. The van der Waals surface area contributed by atoms with Crippen LogP contribution in [0.3, 0.4) is 0 Å². The van der Waals surface area contributed by atoms with Crippen molar-refractivity contribution in [3.63, 3.8) is 0 Å². The number of hydrogen-bond donors (Lipinski definition) is 3. The van der Waals surface area contributed by atoms with Crippen LogP contribution in [0.5, 0.6) is 0 Å². The molecule has 0 bridgehead atoms. The summed E-state index contributed by atoms with van der Waals surface area (Å²) in [5.74, 6) is 1.39. The van der Waals surface area contributed by atoms with Crippen molar-refractivity contribution in [3.8, 4) is 22.4 Å². The van der Waals surface area contributed by atoms with Crippen LogP contribution in [0.25, 0.3) is 33.4 Å². The molecule has 11 nitrogen and oxygen atoms in total. The Balaban J connectivity index is 1.18. The van der Waals surface area contributed by atoms with Crippen LogP contribution in [0.1, 0.15) is 84.5 Å². The van der Waals surface area contributed by atoms with Crippen molar-refractivity contribution < 1.29 is 24.2 Å². The first-order valence-corrected chi connectivity index (χ1v) is 15.6. The van der Waals surface area contributed by atoms with Crippen LogP contribution in [-0.4, -0.2) is 77.4 Å². The summed E-state index contributed by atoms with van der Waals surface area (Å²) in [5.41, 5.74) is 4.28. The first-order chi connectivity index (χ1) is 21.2. The van der Waals surface area contributed by atoms with Gasteiger partial charge in [0.2, 0.25) is 0 Å². The maximum Gasteiger partial charge on any atom is 0.411 e. The standard InChI is InChI=1S/C34H42N6O5/c1-33(2,3)44-31(42)39-15-7-8-27(39)29-35-18-26(38-29)21-11-9-20(10-12-21)22-13-14-24-25(16-22)37-30(36-24)28-17-23(41)19-40(28)32(43)45-34(4,5)6/h9-14,16,18,23,27-28,41H,7-8,15,17,19H2,1-6H3,(H,35,38)(H,36,37)/t23-,27+,28+/m1/s1. The lowest BCUT2D eigenvalue weighted by Gasteiger charge is -2.27. The molecule has 2 aromatic carbocycles. The Kier molecular flexibility index (Phi) is 7.84. The molecule has 0 aliphatic carbocycles. The van der Waals surface area contributed by atoms with Crippen LogP contribution in [0.15, 0.2) is 48.7 Å². The Morgan fingerprint density at radius 1 is 0.844 bits per heavy atom. The Morgan fingerprint density at radius 3 is 2.18 bits per heavy atom. The fourth-order valence-corrected chi connectivity index (χ4v) is 6.04. The van der Waals surface area contributed by atoms with E-state index in [1.807, 2.05) is 78.1 Å². The predicted molar refractivity (Wildman–Crippen MR) is 170 cm³/mol. The number of nitrogens with zero attached hydrogens (tertiary/aromatic N) is 4. The number of carbonyl (C=O) groups is 2. The van der Waals surface area contributed by atoms with Crippen LogP contribution < -0.4 is 0 Å². The second-order valence-electron chi connectivity index (χ2n) is 14.0. The third-order valence-corrected chi connectivity index (χ3v) is 8.03. The minimum absolute atomic E-state index is 0.136. The van der Waals surface area contributed by atoms with Gasteiger partial charge in [-0.25, -0.2) is 19.6 Å². The number of amides is 2. The number of aliphatic hydroxyl groups is 1. The number of hydrogen-bond acceptors (Lipinski definition) is 7. The van der Waals surface area contributed by atoms with Gasteiger partial charge < -0.3 is 24.5 Å². The Labute approximate surface area is 263 Å². The molecule has 45 heavy (non-hydrogen) atoms. The van der Waals surface area contributed by atoms with E-state index in [0.717, 1.165) is 52.1 Å². The second kappa shape index (κ2) is 11.5. The molecule has 4 aromatic rings. The zero-order chi connectivity index (χ0) is 32.1. The average Bonchev–Trinajstić information content (AvgIpc) is 3.76. The quantitative estimate of drug-likeness (QED) is 0.232. The molecular weight excluding hydrogens is 572 g/mol. The van der Waals surface area contributed by atoms with Crippen molar-refractivity contribution in [3.05, 3.63) is 60.3 Å². The van der Waals surface area contributed by atoms with E-state index in [2.05, 4.69) is 22.1 Å². The van der Waals surface area contributed by atoms with Gasteiger partial charge in [-0.15, -0.1) is 0 Å². The maximum atomic E-state index is 12.9. The van der Waals surface area contributed by atoms with E-state index in [0.29, 0.717) is 18.8 Å². The fraction of sp³-hybridized carbons (Fsp3) is 0.471. The summed E-state index contributed by atoms with van der Waals surface area (Å²) in [6, 6.07) is 13.7. The number of benzene rings is 2. The molecule has 2 saturated heterocycles. The van der Waals surface area contributed by atoms with Crippen molar-refractivity contribution in [2.45, 2.75) is 90.2 Å². The minimum Gasteiger partial charge on any atom is -0.444 e. The van der Waals surface area contributed by atoms with Gasteiger partial charge in [0.25, 0.3) is 0 Å². The third kappa shape index (κ3) is 6.68. The minimum atomic E-state index is -0.641. The van der Waals surface area contributed by atoms with Gasteiger partial charge in [-0.3, -0.25) is 9.80 Å².